The van der Waals surface area contributed by atoms with Gasteiger partial charge < -0.3 is 4.57 Å². The highest BCUT2D eigenvalue weighted by atomic mass is 32.2. The summed E-state index contributed by atoms with van der Waals surface area (Å²) in [6.07, 6.45) is 2.84. The molecule has 1 saturated heterocycles. The summed E-state index contributed by atoms with van der Waals surface area (Å²) in [6.45, 7) is 3.79. The highest BCUT2D eigenvalue weighted by molar-refractivity contribution is 7.98. The molecule has 1 fully saturated rings. The normalized spacial score (nSPS) is 15.3. The second-order valence-electron chi connectivity index (χ2n) is 7.46. The molecule has 162 valence electrons. The van der Waals surface area contributed by atoms with Crippen LogP contribution in [-0.4, -0.2) is 35.4 Å². The molecule has 0 saturated carbocycles. The first kappa shape index (κ1) is 21.8. The first-order valence-corrected chi connectivity index (χ1v) is 12.7. The van der Waals surface area contributed by atoms with Crippen LogP contribution in [-0.2, 0) is 22.3 Å². The summed E-state index contributed by atoms with van der Waals surface area (Å²) in [5, 5.41) is 10.00. The number of aromatic nitrogens is 2. The summed E-state index contributed by atoms with van der Waals surface area (Å²) in [6, 6.07) is 11.3. The van der Waals surface area contributed by atoms with Crippen molar-refractivity contribution in [3.8, 4) is 6.07 Å². The van der Waals surface area contributed by atoms with Gasteiger partial charge in [0.15, 0.2) is 5.16 Å². The molecular formula is C22H23FN4O2S2. The van der Waals surface area contributed by atoms with Crippen molar-refractivity contribution in [1.29, 1.82) is 5.26 Å². The number of imidazole rings is 1. The lowest BCUT2D eigenvalue weighted by molar-refractivity contribution is 0.346. The first-order chi connectivity index (χ1) is 14.9. The highest BCUT2D eigenvalue weighted by Gasteiger charge is 2.26. The van der Waals surface area contributed by atoms with E-state index in [0.29, 0.717) is 36.5 Å². The number of benzene rings is 2. The first-order valence-electron chi connectivity index (χ1n) is 10.3. The predicted molar refractivity (Wildman–Crippen MR) is 119 cm³/mol. The average Bonchev–Trinajstić information content (AvgIpc) is 3.15. The minimum Gasteiger partial charge on any atom is -0.319 e. The lowest BCUT2D eigenvalue weighted by Gasteiger charge is -2.25. The standard InChI is InChI=1S/C22H23FN4O2S2/c1-2-27-21-9-8-19(31(28,29)26-10-4-3-5-11-26)13-20(21)25-22(27)30-15-16-6-7-18(23)12-17(16)14-24/h6-9,12-13H,2-5,10-11,15H2,1H3. The third-order valence-corrected chi connectivity index (χ3v) is 8.42. The summed E-state index contributed by atoms with van der Waals surface area (Å²) in [5.41, 5.74) is 2.53. The maximum atomic E-state index is 13.4. The number of aryl methyl sites for hydroxylation is 1. The van der Waals surface area contributed by atoms with Crippen molar-refractivity contribution in [3.05, 3.63) is 53.3 Å². The molecule has 0 aliphatic carbocycles. The molecule has 2 heterocycles. The van der Waals surface area contributed by atoms with Crippen molar-refractivity contribution in [2.24, 2.45) is 0 Å². The fraction of sp³-hybridized carbons (Fsp3) is 0.364. The minimum absolute atomic E-state index is 0.268. The second kappa shape index (κ2) is 8.99. The lowest BCUT2D eigenvalue weighted by atomic mass is 10.1. The van der Waals surface area contributed by atoms with Crippen molar-refractivity contribution in [2.45, 2.75) is 48.5 Å². The van der Waals surface area contributed by atoms with Gasteiger partial charge in [-0.1, -0.05) is 24.2 Å². The Kier molecular flexibility index (Phi) is 6.32. The number of fused-ring (bicyclic) bond motifs is 1. The molecule has 0 amide bonds. The molecule has 0 radical (unpaired) electrons. The fourth-order valence-corrected chi connectivity index (χ4v) is 6.46. The molecule has 9 heteroatoms. The Morgan fingerprint density at radius 3 is 2.65 bits per heavy atom. The van der Waals surface area contributed by atoms with Crippen molar-refractivity contribution in [2.75, 3.05) is 13.1 Å². The van der Waals surface area contributed by atoms with Gasteiger partial charge in [-0.2, -0.15) is 9.57 Å². The lowest BCUT2D eigenvalue weighted by Crippen LogP contribution is -2.35. The van der Waals surface area contributed by atoms with E-state index in [1.807, 2.05) is 23.6 Å². The Morgan fingerprint density at radius 1 is 1.16 bits per heavy atom. The zero-order valence-electron chi connectivity index (χ0n) is 17.2. The van der Waals surface area contributed by atoms with E-state index < -0.39 is 15.8 Å². The van der Waals surface area contributed by atoms with Crippen molar-refractivity contribution < 1.29 is 12.8 Å². The van der Waals surface area contributed by atoms with Gasteiger partial charge >= 0.3 is 0 Å². The summed E-state index contributed by atoms with van der Waals surface area (Å²) in [4.78, 5) is 4.94. The fourth-order valence-electron chi connectivity index (χ4n) is 3.84. The Morgan fingerprint density at radius 2 is 1.94 bits per heavy atom. The molecule has 1 aromatic heterocycles. The van der Waals surface area contributed by atoms with Gasteiger partial charge in [-0.3, -0.25) is 0 Å². The Labute approximate surface area is 185 Å². The number of piperidine rings is 1. The van der Waals surface area contributed by atoms with E-state index in [1.54, 1.807) is 22.5 Å². The topological polar surface area (TPSA) is 79.0 Å². The zero-order valence-corrected chi connectivity index (χ0v) is 18.8. The number of nitrogens with zero attached hydrogens (tertiary/aromatic N) is 4. The van der Waals surface area contributed by atoms with Crippen LogP contribution in [0, 0.1) is 17.1 Å². The van der Waals surface area contributed by atoms with E-state index in [0.717, 1.165) is 35.5 Å². The number of rotatable bonds is 6. The Bertz CT molecular complexity index is 1260. The number of nitriles is 1. The van der Waals surface area contributed by atoms with Gasteiger partial charge in [0.25, 0.3) is 0 Å². The maximum Gasteiger partial charge on any atom is 0.243 e. The molecule has 0 N–H and O–H groups in total. The smallest absolute Gasteiger partial charge is 0.243 e. The van der Waals surface area contributed by atoms with Crippen LogP contribution in [0.1, 0.15) is 37.3 Å². The van der Waals surface area contributed by atoms with E-state index in [9.17, 15) is 18.1 Å². The molecule has 3 aromatic rings. The number of halogens is 1. The number of thioether (sulfide) groups is 1. The quantitative estimate of drug-likeness (QED) is 0.507. The van der Waals surface area contributed by atoms with Crippen LogP contribution in [0.5, 0.6) is 0 Å². The molecule has 31 heavy (non-hydrogen) atoms. The molecule has 1 aliphatic rings. The van der Waals surface area contributed by atoms with Gasteiger partial charge in [-0.05, 0) is 55.7 Å². The summed E-state index contributed by atoms with van der Waals surface area (Å²) < 4.78 is 43.0. The van der Waals surface area contributed by atoms with Gasteiger partial charge in [0.1, 0.15) is 5.82 Å². The minimum atomic E-state index is -3.53. The Balaban J connectivity index is 1.64. The SMILES string of the molecule is CCn1c(SCc2ccc(F)cc2C#N)nc2cc(S(=O)(=O)N3CCCCC3)ccc21. The second-order valence-corrected chi connectivity index (χ2v) is 10.3. The molecule has 0 spiro atoms. The van der Waals surface area contributed by atoms with Gasteiger partial charge in [0.2, 0.25) is 10.0 Å². The molecule has 0 bridgehead atoms. The maximum absolute atomic E-state index is 13.4. The van der Waals surface area contributed by atoms with Gasteiger partial charge in [-0.15, -0.1) is 0 Å². The van der Waals surface area contributed by atoms with Gasteiger partial charge in [0.05, 0.1) is 27.6 Å². The van der Waals surface area contributed by atoms with Gasteiger partial charge in [-0.25, -0.2) is 17.8 Å². The largest absolute Gasteiger partial charge is 0.319 e. The third-order valence-electron chi connectivity index (χ3n) is 5.50. The zero-order chi connectivity index (χ0) is 22.0. The molecule has 0 atom stereocenters. The van der Waals surface area contributed by atoms with Gasteiger partial charge in [0, 0.05) is 25.4 Å². The van der Waals surface area contributed by atoms with Crippen LogP contribution in [0.4, 0.5) is 4.39 Å². The van der Waals surface area contributed by atoms with Crippen molar-refractivity contribution in [3.63, 3.8) is 0 Å². The number of hydrogen-bond donors (Lipinski definition) is 0. The summed E-state index contributed by atoms with van der Waals surface area (Å²) in [7, 11) is -3.53. The van der Waals surface area contributed by atoms with Crippen molar-refractivity contribution >= 4 is 32.8 Å². The summed E-state index contributed by atoms with van der Waals surface area (Å²) >= 11 is 1.45. The van der Waals surface area contributed by atoms with E-state index in [-0.39, 0.29) is 4.90 Å². The average molecular weight is 459 g/mol. The highest BCUT2D eigenvalue weighted by Crippen LogP contribution is 2.30. The van der Waals surface area contributed by atoms with E-state index in [2.05, 4.69) is 4.98 Å². The van der Waals surface area contributed by atoms with Crippen LogP contribution < -0.4 is 0 Å². The van der Waals surface area contributed by atoms with E-state index >= 15 is 0 Å². The number of hydrogen-bond acceptors (Lipinski definition) is 5. The van der Waals surface area contributed by atoms with E-state index in [1.165, 1.54) is 23.9 Å². The molecule has 6 nitrogen and oxygen atoms in total. The van der Waals surface area contributed by atoms with Crippen molar-refractivity contribution in [1.82, 2.24) is 13.9 Å². The predicted octanol–water partition coefficient (Wildman–Crippen LogP) is 4.53. The Hall–Kier alpha value is -2.41. The van der Waals surface area contributed by atoms with Crippen LogP contribution in [0.3, 0.4) is 0 Å². The number of sulfonamides is 1. The third kappa shape index (κ3) is 4.33. The molecule has 1 aliphatic heterocycles. The van der Waals surface area contributed by atoms with Crippen LogP contribution in [0.15, 0.2) is 46.5 Å². The molecule has 2 aromatic carbocycles. The summed E-state index contributed by atoms with van der Waals surface area (Å²) in [5.74, 6) is 0.0272. The van der Waals surface area contributed by atoms with Crippen LogP contribution in [0.2, 0.25) is 0 Å². The molecule has 0 unspecified atom stereocenters. The van der Waals surface area contributed by atoms with Crippen LogP contribution >= 0.6 is 11.8 Å². The monoisotopic (exact) mass is 458 g/mol. The van der Waals surface area contributed by atoms with Crippen LogP contribution in [0.25, 0.3) is 11.0 Å². The van der Waals surface area contributed by atoms with E-state index in [4.69, 9.17) is 0 Å². The molecule has 4 rings (SSSR count). The molecular weight excluding hydrogens is 435 g/mol.